The largest absolute Gasteiger partial charge is 0.256 e. The summed E-state index contributed by atoms with van der Waals surface area (Å²) in [4.78, 5) is 4.13. The van der Waals surface area contributed by atoms with Crippen molar-refractivity contribution < 1.29 is 0 Å². The summed E-state index contributed by atoms with van der Waals surface area (Å²) in [6.45, 7) is 0. The average molecular weight is 200 g/mol. The van der Waals surface area contributed by atoms with Gasteiger partial charge in [0.05, 0.1) is 10.5 Å². The molecule has 0 radical (unpaired) electrons. The van der Waals surface area contributed by atoms with Gasteiger partial charge in [-0.05, 0) is 24.3 Å². The summed E-state index contributed by atoms with van der Waals surface area (Å²) in [6.07, 6.45) is 1.67. The molecule has 0 aliphatic rings. The number of nitrogens with zero attached hydrogens (tertiary/aromatic N) is 1. The first-order chi connectivity index (χ1) is 5.77. The predicted molar refractivity (Wildman–Crippen MR) is 51.8 cm³/mol. The number of aromatic nitrogens is 1. The van der Waals surface area contributed by atoms with Gasteiger partial charge in [-0.2, -0.15) is 0 Å². The number of rotatable bonds is 0. The van der Waals surface area contributed by atoms with Gasteiger partial charge in [-0.1, -0.05) is 23.2 Å². The molecule has 1 aromatic carbocycles. The van der Waals surface area contributed by atoms with Crippen LogP contribution in [0.1, 0.15) is 0 Å². The highest BCUT2D eigenvalue weighted by Gasteiger charge is 1.98. The Morgan fingerprint density at radius 1 is 1.25 bits per heavy atom. The molecule has 0 saturated carbocycles. The average Bonchev–Trinajstić information content (AvgIpc) is 2.04. The zero-order chi connectivity index (χ0) is 8.55. The molecule has 0 aliphatic heterocycles. The van der Waals surface area contributed by atoms with Crippen LogP contribution in [0.25, 0.3) is 10.9 Å². The van der Waals surface area contributed by atoms with Crippen LogP contribution < -0.4 is 0 Å². The third-order valence-electron chi connectivity index (χ3n) is 1.65. The molecule has 1 nitrogen and oxygen atoms in total. The lowest BCUT2D eigenvalue weighted by molar-refractivity contribution is 1.41. The first-order valence-electron chi connectivity index (χ1n) is 3.47. The van der Waals surface area contributed by atoms with Crippen LogP contribution in [0.3, 0.4) is 0 Å². The Bertz CT molecular complexity index is 426. The molecular formula is C9H5Cl2N. The van der Waals surface area contributed by atoms with Gasteiger partial charge in [-0.25, -0.2) is 0 Å². The quantitative estimate of drug-likeness (QED) is 0.633. The van der Waals surface area contributed by atoms with Gasteiger partial charge >= 0.3 is 0 Å². The normalized spacial score (nSPS) is 10.5. The third kappa shape index (κ3) is 1.26. The minimum atomic E-state index is 0.678. The number of halogens is 2. The first-order valence-corrected chi connectivity index (χ1v) is 4.23. The van der Waals surface area contributed by atoms with Gasteiger partial charge in [0.25, 0.3) is 0 Å². The van der Waals surface area contributed by atoms with Gasteiger partial charge in [0.1, 0.15) is 0 Å². The van der Waals surface area contributed by atoms with Crippen molar-refractivity contribution in [1.82, 2.24) is 4.98 Å². The third-order valence-corrected chi connectivity index (χ3v) is 2.22. The maximum Gasteiger partial charge on any atom is 0.0731 e. The van der Waals surface area contributed by atoms with Gasteiger partial charge in [0.15, 0.2) is 0 Å². The van der Waals surface area contributed by atoms with Crippen LogP contribution in [0.4, 0.5) is 0 Å². The topological polar surface area (TPSA) is 12.9 Å². The molecule has 0 fully saturated rings. The molecule has 0 aliphatic carbocycles. The molecule has 0 unspecified atom stereocenters. The van der Waals surface area contributed by atoms with Crippen molar-refractivity contribution in [2.75, 3.05) is 0 Å². The van der Waals surface area contributed by atoms with E-state index < -0.39 is 0 Å². The van der Waals surface area contributed by atoms with Crippen LogP contribution in [0.15, 0.2) is 30.5 Å². The monoisotopic (exact) mass is 199 g/mol. The van der Waals surface area contributed by atoms with E-state index in [-0.39, 0.29) is 0 Å². The summed E-state index contributed by atoms with van der Waals surface area (Å²) in [5, 5.41) is 2.32. The molecule has 0 bridgehead atoms. The van der Waals surface area contributed by atoms with E-state index in [0.29, 0.717) is 10.0 Å². The molecule has 12 heavy (non-hydrogen) atoms. The fourth-order valence-electron chi connectivity index (χ4n) is 1.09. The molecule has 0 spiro atoms. The van der Waals surface area contributed by atoms with E-state index in [1.165, 1.54) is 0 Å². The van der Waals surface area contributed by atoms with Gasteiger partial charge in [0.2, 0.25) is 0 Å². The van der Waals surface area contributed by atoms with Crippen molar-refractivity contribution in [3.8, 4) is 0 Å². The summed E-state index contributed by atoms with van der Waals surface area (Å²) < 4.78 is 0. The van der Waals surface area contributed by atoms with Crippen molar-refractivity contribution in [2.45, 2.75) is 0 Å². The maximum absolute atomic E-state index is 5.93. The Balaban J connectivity index is 2.86. The fourth-order valence-corrected chi connectivity index (χ4v) is 1.47. The second-order valence-corrected chi connectivity index (χ2v) is 3.30. The summed E-state index contributed by atoms with van der Waals surface area (Å²) in [6, 6.07) is 7.23. The van der Waals surface area contributed by atoms with Crippen LogP contribution in [-0.4, -0.2) is 4.98 Å². The SMILES string of the molecule is Clc1ccc2c(Cl)[14cH]cnc2c1. The second kappa shape index (κ2) is 2.92. The number of fused-ring (bicyclic) bond motifs is 1. The minimum absolute atomic E-state index is 0.678. The number of benzene rings is 1. The van der Waals surface area contributed by atoms with Crippen molar-refractivity contribution in [3.05, 3.63) is 40.5 Å². The number of hydrogen-bond donors (Lipinski definition) is 0. The molecule has 1 heterocycles. The minimum Gasteiger partial charge on any atom is -0.256 e. The lowest BCUT2D eigenvalue weighted by Gasteiger charge is -1.98. The second-order valence-electron chi connectivity index (χ2n) is 2.45. The Labute approximate surface area is 79.9 Å². The highest BCUT2D eigenvalue weighted by atomic mass is 35.5. The first kappa shape index (κ1) is 7.84. The standard InChI is InChI=1S/C9H5Cl2N/c10-6-1-2-7-8(11)3-4-12-9(7)5-6/h1-5H/i3+2. The van der Waals surface area contributed by atoms with E-state index in [0.717, 1.165) is 10.9 Å². The van der Waals surface area contributed by atoms with Crippen LogP contribution in [0, 0.1) is 0 Å². The lowest BCUT2D eigenvalue weighted by Crippen LogP contribution is -1.78. The molecular weight excluding hydrogens is 195 g/mol. The Morgan fingerprint density at radius 3 is 2.92 bits per heavy atom. The Kier molecular flexibility index (Phi) is 1.91. The summed E-state index contributed by atoms with van der Waals surface area (Å²) in [5.74, 6) is 0. The van der Waals surface area contributed by atoms with E-state index in [1.807, 2.05) is 6.07 Å². The van der Waals surface area contributed by atoms with Crippen molar-refractivity contribution >= 4 is 34.1 Å². The maximum atomic E-state index is 5.93. The molecule has 0 atom stereocenters. The van der Waals surface area contributed by atoms with Gasteiger partial charge in [-0.3, -0.25) is 4.98 Å². The molecule has 0 saturated heterocycles. The zero-order valence-electron chi connectivity index (χ0n) is 6.09. The summed E-state index contributed by atoms with van der Waals surface area (Å²) in [7, 11) is 0. The van der Waals surface area contributed by atoms with Gasteiger partial charge in [0, 0.05) is 16.6 Å². The van der Waals surface area contributed by atoms with Gasteiger partial charge in [-0.15, -0.1) is 0 Å². The summed E-state index contributed by atoms with van der Waals surface area (Å²) >= 11 is 11.7. The van der Waals surface area contributed by atoms with E-state index in [9.17, 15) is 0 Å². The zero-order valence-corrected chi connectivity index (χ0v) is 7.60. The van der Waals surface area contributed by atoms with Crippen molar-refractivity contribution in [3.63, 3.8) is 0 Å². The smallest absolute Gasteiger partial charge is 0.0731 e. The highest BCUT2D eigenvalue weighted by molar-refractivity contribution is 6.36. The van der Waals surface area contributed by atoms with E-state index >= 15 is 0 Å². The lowest BCUT2D eigenvalue weighted by atomic mass is 10.2. The summed E-state index contributed by atoms with van der Waals surface area (Å²) in [5.41, 5.74) is 0.829. The van der Waals surface area contributed by atoms with Crippen molar-refractivity contribution in [1.29, 1.82) is 0 Å². The van der Waals surface area contributed by atoms with Crippen LogP contribution >= 0.6 is 23.2 Å². The highest BCUT2D eigenvalue weighted by Crippen LogP contribution is 2.23. The molecule has 0 N–H and O–H groups in total. The van der Waals surface area contributed by atoms with Crippen LogP contribution in [0.2, 0.25) is 10.0 Å². The van der Waals surface area contributed by atoms with E-state index in [1.54, 1.807) is 24.4 Å². The molecule has 2 aromatic rings. The Morgan fingerprint density at radius 2 is 2.08 bits per heavy atom. The fraction of sp³-hybridized carbons (Fsp3) is 0. The predicted octanol–water partition coefficient (Wildman–Crippen LogP) is 3.54. The van der Waals surface area contributed by atoms with Crippen LogP contribution in [-0.2, 0) is 0 Å². The number of pyridine rings is 1. The molecule has 2 rings (SSSR count). The molecule has 60 valence electrons. The van der Waals surface area contributed by atoms with E-state index in [4.69, 9.17) is 23.2 Å². The number of hydrogen-bond acceptors (Lipinski definition) is 1. The van der Waals surface area contributed by atoms with Crippen molar-refractivity contribution in [2.24, 2.45) is 0 Å². The van der Waals surface area contributed by atoms with Gasteiger partial charge < -0.3 is 0 Å². The molecule has 0 amide bonds. The molecule has 1 aromatic heterocycles. The Hall–Kier alpha value is -0.790. The van der Waals surface area contributed by atoms with Crippen LogP contribution in [0.5, 0.6) is 0 Å². The van der Waals surface area contributed by atoms with E-state index in [2.05, 4.69) is 4.98 Å². The molecule has 3 heteroatoms.